The van der Waals surface area contributed by atoms with Gasteiger partial charge < -0.3 is 29.4 Å². The molecule has 1 aromatic carbocycles. The van der Waals surface area contributed by atoms with Crippen molar-refractivity contribution in [2.24, 2.45) is 14.1 Å². The van der Waals surface area contributed by atoms with Crippen LogP contribution >= 0.6 is 0 Å². The van der Waals surface area contributed by atoms with Crippen LogP contribution in [0.25, 0.3) is 11.6 Å². The molecule has 0 atom stereocenters. The number of halogens is 1. The Labute approximate surface area is 217 Å². The van der Waals surface area contributed by atoms with E-state index in [-0.39, 0.29) is 35.3 Å². The van der Waals surface area contributed by atoms with Gasteiger partial charge in [-0.25, -0.2) is 28.0 Å². The number of hydrogen-bond acceptors (Lipinski definition) is 9. The number of hydrogen-bond donors (Lipinski definition) is 3. The van der Waals surface area contributed by atoms with Gasteiger partial charge in [-0.15, -0.1) is 0 Å². The lowest BCUT2D eigenvalue weighted by Gasteiger charge is -2.07. The summed E-state index contributed by atoms with van der Waals surface area (Å²) in [6, 6.07) is 5.61. The van der Waals surface area contributed by atoms with Crippen LogP contribution in [0.4, 0.5) is 4.39 Å². The number of aromatic nitrogens is 6. The van der Waals surface area contributed by atoms with Gasteiger partial charge in [-0.1, -0.05) is 12.1 Å². The third-order valence-corrected chi connectivity index (χ3v) is 5.62. The Balaban J connectivity index is 0.000000193. The van der Waals surface area contributed by atoms with Crippen LogP contribution in [0.2, 0.25) is 0 Å². The van der Waals surface area contributed by atoms with E-state index in [1.54, 1.807) is 35.6 Å². The normalized spacial score (nSPS) is 10.8. The number of amides is 1. The van der Waals surface area contributed by atoms with Crippen LogP contribution < -0.4 is 16.4 Å². The van der Waals surface area contributed by atoms with Crippen LogP contribution in [0.5, 0.6) is 11.5 Å². The van der Waals surface area contributed by atoms with Gasteiger partial charge in [0.1, 0.15) is 5.82 Å². The largest absolute Gasteiger partial charge is 0.501 e. The van der Waals surface area contributed by atoms with Crippen molar-refractivity contribution in [2.75, 3.05) is 7.11 Å². The molecule has 5 rings (SSSR count). The second-order valence-electron chi connectivity index (χ2n) is 8.19. The van der Waals surface area contributed by atoms with Gasteiger partial charge in [-0.2, -0.15) is 0 Å². The zero-order valence-electron chi connectivity index (χ0n) is 20.8. The SMILES string of the molecule is COC(=O)c1nc2n(C)ccn2c(=O)c1O.Cn1ccn2c(=O)c(O)c(C(=O)NCc3ccc(F)cc3)nc12. The summed E-state index contributed by atoms with van der Waals surface area (Å²) in [5, 5.41) is 21.9. The Bertz CT molecular complexity index is 1830. The number of carbonyl (C=O) groups is 2. The van der Waals surface area contributed by atoms with Crippen molar-refractivity contribution in [3.8, 4) is 11.5 Å². The van der Waals surface area contributed by atoms with Gasteiger partial charge >= 0.3 is 17.1 Å². The summed E-state index contributed by atoms with van der Waals surface area (Å²) in [4.78, 5) is 55.0. The molecule has 0 unspecified atom stereocenters. The van der Waals surface area contributed by atoms with E-state index in [4.69, 9.17) is 0 Å². The highest BCUT2D eigenvalue weighted by Gasteiger charge is 2.21. The number of nitrogens with one attached hydrogen (secondary N) is 1. The molecular weight excluding hydrogens is 517 g/mol. The average molecular weight is 539 g/mol. The number of ether oxygens (including phenoxy) is 1. The van der Waals surface area contributed by atoms with Crippen molar-refractivity contribution < 1.29 is 28.9 Å². The topological polar surface area (TPSA) is 174 Å². The lowest BCUT2D eigenvalue weighted by molar-refractivity contribution is 0.0590. The van der Waals surface area contributed by atoms with E-state index in [2.05, 4.69) is 20.0 Å². The van der Waals surface area contributed by atoms with Crippen LogP contribution in [0.15, 0.2) is 58.6 Å². The fraction of sp³-hybridized carbons (Fsp3) is 0.167. The molecule has 1 amide bonds. The molecule has 39 heavy (non-hydrogen) atoms. The monoisotopic (exact) mass is 539 g/mol. The van der Waals surface area contributed by atoms with Crippen LogP contribution in [0, 0.1) is 5.82 Å². The third kappa shape index (κ3) is 5.04. The van der Waals surface area contributed by atoms with Crippen molar-refractivity contribution in [3.05, 3.63) is 92.5 Å². The minimum Gasteiger partial charge on any atom is -0.501 e. The lowest BCUT2D eigenvalue weighted by Crippen LogP contribution is -2.27. The molecule has 0 spiro atoms. The van der Waals surface area contributed by atoms with Gasteiger partial charge in [0.05, 0.1) is 7.11 Å². The van der Waals surface area contributed by atoms with E-state index in [1.165, 1.54) is 36.7 Å². The number of aromatic hydroxyl groups is 2. The highest BCUT2D eigenvalue weighted by molar-refractivity contribution is 5.95. The van der Waals surface area contributed by atoms with Gasteiger partial charge in [0.15, 0.2) is 11.4 Å². The molecule has 0 aliphatic carbocycles. The van der Waals surface area contributed by atoms with Crippen molar-refractivity contribution in [1.82, 2.24) is 33.2 Å². The predicted molar refractivity (Wildman–Crippen MR) is 133 cm³/mol. The van der Waals surface area contributed by atoms with Crippen molar-refractivity contribution in [3.63, 3.8) is 0 Å². The second kappa shape index (κ2) is 10.5. The van der Waals surface area contributed by atoms with E-state index in [0.717, 1.165) is 15.9 Å². The lowest BCUT2D eigenvalue weighted by atomic mass is 10.2. The Morgan fingerprint density at radius 3 is 1.87 bits per heavy atom. The van der Waals surface area contributed by atoms with Gasteiger partial charge in [0.25, 0.3) is 5.91 Å². The zero-order valence-corrected chi connectivity index (χ0v) is 20.8. The molecule has 4 heterocycles. The first-order valence-corrected chi connectivity index (χ1v) is 11.2. The molecule has 4 aromatic heterocycles. The van der Waals surface area contributed by atoms with E-state index >= 15 is 0 Å². The molecule has 0 radical (unpaired) electrons. The smallest absolute Gasteiger partial charge is 0.360 e. The molecule has 0 aliphatic rings. The number of esters is 1. The summed E-state index contributed by atoms with van der Waals surface area (Å²) < 4.78 is 22.6. The van der Waals surface area contributed by atoms with Crippen LogP contribution in [0.1, 0.15) is 26.5 Å². The summed E-state index contributed by atoms with van der Waals surface area (Å²) in [5.41, 5.74) is -1.47. The summed E-state index contributed by atoms with van der Waals surface area (Å²) in [5.74, 6) is -2.85. The zero-order chi connectivity index (χ0) is 28.4. The maximum Gasteiger partial charge on any atom is 0.360 e. The summed E-state index contributed by atoms with van der Waals surface area (Å²) in [7, 11) is 4.48. The number of nitrogens with zero attached hydrogens (tertiary/aromatic N) is 6. The van der Waals surface area contributed by atoms with Crippen molar-refractivity contribution in [1.29, 1.82) is 0 Å². The standard InChI is InChI=1S/C15H13FN4O3.C9H9N3O4/c1-19-6-7-20-14(23)12(21)11(18-15(19)20)13(22)17-8-9-2-4-10(16)5-3-9;1-11-3-4-12-7(14)6(13)5(8(15)16-2)10-9(11)12/h2-7,21H,8H2,1H3,(H,17,22);3-4,13H,1-2H3. The number of aryl methyl sites for hydroxylation is 2. The van der Waals surface area contributed by atoms with E-state index in [0.29, 0.717) is 5.56 Å². The molecule has 0 fully saturated rings. The highest BCUT2D eigenvalue weighted by atomic mass is 19.1. The highest BCUT2D eigenvalue weighted by Crippen LogP contribution is 2.12. The van der Waals surface area contributed by atoms with Gasteiger partial charge in [0.2, 0.25) is 23.1 Å². The van der Waals surface area contributed by atoms with Crippen LogP contribution in [0.3, 0.4) is 0 Å². The van der Waals surface area contributed by atoms with Gasteiger partial charge in [-0.05, 0) is 17.7 Å². The molecule has 0 bridgehead atoms. The van der Waals surface area contributed by atoms with Crippen molar-refractivity contribution in [2.45, 2.75) is 6.54 Å². The molecule has 5 aromatic rings. The Kier molecular flexibility index (Phi) is 7.15. The first-order chi connectivity index (χ1) is 18.5. The molecule has 0 saturated carbocycles. The molecular formula is C24H22FN7O7. The summed E-state index contributed by atoms with van der Waals surface area (Å²) in [6.45, 7) is 0.118. The van der Waals surface area contributed by atoms with Crippen LogP contribution in [-0.2, 0) is 25.4 Å². The second-order valence-corrected chi connectivity index (χ2v) is 8.19. The molecule has 0 saturated heterocycles. The maximum absolute atomic E-state index is 12.8. The van der Waals surface area contributed by atoms with Crippen LogP contribution in [-0.4, -0.2) is 57.1 Å². The summed E-state index contributed by atoms with van der Waals surface area (Å²) in [6.07, 6.45) is 6.07. The molecule has 0 aliphatic heterocycles. The predicted octanol–water partition coefficient (Wildman–Crippen LogP) is 0.333. The number of imidazole rings is 2. The van der Waals surface area contributed by atoms with Crippen molar-refractivity contribution >= 4 is 23.4 Å². The number of fused-ring (bicyclic) bond motifs is 2. The minimum absolute atomic E-state index is 0.118. The minimum atomic E-state index is -0.849. The quantitative estimate of drug-likeness (QED) is 0.272. The summed E-state index contributed by atoms with van der Waals surface area (Å²) >= 11 is 0. The average Bonchev–Trinajstić information content (AvgIpc) is 3.49. The Morgan fingerprint density at radius 2 is 1.36 bits per heavy atom. The fourth-order valence-electron chi connectivity index (χ4n) is 3.52. The number of methoxy groups -OCH3 is 1. The molecule has 14 nitrogen and oxygen atoms in total. The number of rotatable bonds is 4. The van der Waals surface area contributed by atoms with E-state index in [9.17, 15) is 33.8 Å². The molecule has 15 heteroatoms. The maximum atomic E-state index is 12.8. The van der Waals surface area contributed by atoms with E-state index in [1.807, 2.05) is 0 Å². The van der Waals surface area contributed by atoms with E-state index < -0.39 is 34.5 Å². The van der Waals surface area contributed by atoms with Gasteiger partial charge in [-0.3, -0.25) is 14.4 Å². The first kappa shape index (κ1) is 26.6. The molecule has 202 valence electrons. The van der Waals surface area contributed by atoms with Gasteiger partial charge in [0, 0.05) is 45.4 Å². The third-order valence-electron chi connectivity index (χ3n) is 5.62. The first-order valence-electron chi connectivity index (χ1n) is 11.2. The fourth-order valence-corrected chi connectivity index (χ4v) is 3.52. The number of benzene rings is 1. The molecule has 3 N–H and O–H groups in total. The Hall–Kier alpha value is -5.47. The Morgan fingerprint density at radius 1 is 0.872 bits per heavy atom. The number of carbonyl (C=O) groups excluding carboxylic acids is 2.